The van der Waals surface area contributed by atoms with Gasteiger partial charge in [0.15, 0.2) is 0 Å². The van der Waals surface area contributed by atoms with Crippen LogP contribution in [0.1, 0.15) is 19.8 Å². The Morgan fingerprint density at radius 3 is 1.71 bits per heavy atom. The molecule has 40 valence electrons. The van der Waals surface area contributed by atoms with Crippen LogP contribution in [0.3, 0.4) is 0 Å². The molecule has 0 unspecified atom stereocenters. The van der Waals surface area contributed by atoms with E-state index in [1.54, 1.807) is 0 Å². The van der Waals surface area contributed by atoms with Gasteiger partial charge in [0.2, 0.25) is 0 Å². The maximum absolute atomic E-state index is 8.07. The van der Waals surface area contributed by atoms with Gasteiger partial charge in [-0.1, -0.05) is 13.3 Å². The summed E-state index contributed by atoms with van der Waals surface area (Å²) in [6.45, 7) is 2.40. The number of unbranched alkanes of at least 4 members (excludes halogenated alkanes) is 1. The van der Waals surface area contributed by atoms with E-state index in [0.717, 1.165) is 12.8 Å². The zero-order valence-electron chi connectivity index (χ0n) is 4.46. The minimum absolute atomic E-state index is 0. The molecular weight excluding hydrogens is 90.1 g/mol. The van der Waals surface area contributed by atoms with Gasteiger partial charge in [-0.25, -0.2) is 0 Å². The Labute approximate surface area is 45.4 Å². The molecule has 0 atom stereocenters. The molecule has 0 aromatic carbocycles. The lowest BCUT2D eigenvalue weighted by molar-refractivity contribution is 0.793. The predicted molar refractivity (Wildman–Crippen MR) is 26.2 cm³/mol. The van der Waals surface area contributed by atoms with Crippen molar-refractivity contribution in [3.8, 4) is 0 Å². The van der Waals surface area contributed by atoms with Gasteiger partial charge in [0.25, 0.3) is 0 Å². The maximum atomic E-state index is 8.07. The van der Waals surface area contributed by atoms with E-state index in [9.17, 15) is 0 Å². The topological polar surface area (TPSA) is 83.3 Å². The molecule has 0 saturated carbocycles. The summed E-state index contributed by atoms with van der Waals surface area (Å²) in [6, 6.07) is 0. The van der Waals surface area contributed by atoms with Crippen molar-refractivity contribution in [1.29, 1.82) is 0 Å². The van der Waals surface area contributed by atoms with Crippen LogP contribution in [0.15, 0.2) is 0 Å². The van der Waals surface area contributed by atoms with Crippen molar-refractivity contribution in [1.82, 2.24) is 18.0 Å². The summed E-state index contributed by atoms with van der Waals surface area (Å²) >= 11 is 0. The van der Waals surface area contributed by atoms with Gasteiger partial charge in [-0.3, -0.25) is 0 Å². The lowest BCUT2D eigenvalue weighted by Gasteiger charge is -1.77. The molecule has 3 heteroatoms. The molecule has 0 heterocycles. The van der Waals surface area contributed by atoms with E-state index in [-0.39, 0.29) is 12.3 Å². The summed E-state index contributed by atoms with van der Waals surface area (Å²) in [5.41, 5.74) is 8.07. The van der Waals surface area contributed by atoms with E-state index in [4.69, 9.17) is 5.73 Å². The van der Waals surface area contributed by atoms with E-state index in [2.05, 4.69) is 6.92 Å². The standard InChI is InChI=1S/C4H9N.2N/c1-2-3-4-5;;/h2-4H2,1H3;;. The minimum Gasteiger partial charge on any atom is -0.145 e. The van der Waals surface area contributed by atoms with Crippen LogP contribution in [0, 0.1) is 0 Å². The summed E-state index contributed by atoms with van der Waals surface area (Å²) < 4.78 is 0. The SMILES string of the molecule is CCCC[N].[N].[N]. The third kappa shape index (κ3) is 25.0. The largest absolute Gasteiger partial charge is 0.145 e. The van der Waals surface area contributed by atoms with Crippen molar-refractivity contribution in [3.05, 3.63) is 0 Å². The maximum Gasteiger partial charge on any atom is 0.0321 e. The molecule has 0 rings (SSSR count). The van der Waals surface area contributed by atoms with Crippen LogP contribution in [-0.2, 0) is 0 Å². The zero-order valence-corrected chi connectivity index (χ0v) is 4.46. The molecule has 0 aromatic heterocycles. The average Bonchev–Trinajstić information content (AvgIpc) is 1.41. The highest BCUT2D eigenvalue weighted by molar-refractivity contribution is 4.28. The Kier molecular flexibility index (Phi) is 38.1. The van der Waals surface area contributed by atoms with Crippen molar-refractivity contribution in [2.24, 2.45) is 0 Å². The van der Waals surface area contributed by atoms with Crippen LogP contribution in [0.2, 0.25) is 0 Å². The third-order valence-corrected chi connectivity index (χ3v) is 0.512. The van der Waals surface area contributed by atoms with Gasteiger partial charge in [0.05, 0.1) is 0 Å². The van der Waals surface area contributed by atoms with Crippen molar-refractivity contribution in [3.63, 3.8) is 0 Å². The van der Waals surface area contributed by atoms with Gasteiger partial charge >= 0.3 is 0 Å². The summed E-state index contributed by atoms with van der Waals surface area (Å²) in [5.74, 6) is 0. The fraction of sp³-hybridized carbons (Fsp3) is 1.00. The van der Waals surface area contributed by atoms with Crippen LogP contribution in [-0.4, -0.2) is 6.54 Å². The second-order valence-electron chi connectivity index (χ2n) is 1.08. The van der Waals surface area contributed by atoms with E-state index < -0.39 is 0 Å². The molecule has 0 aliphatic carbocycles. The normalized spacial score (nSPS) is 6.00. The highest BCUT2D eigenvalue weighted by atomic mass is 14.5. The smallest absolute Gasteiger partial charge is 0.0321 e. The van der Waals surface area contributed by atoms with E-state index in [1.165, 1.54) is 0 Å². The predicted octanol–water partition coefficient (Wildman–Crippen LogP) is -0.106. The second-order valence-corrected chi connectivity index (χ2v) is 1.08. The monoisotopic (exact) mass is 99.1 g/mol. The molecular formula is C4H9N3. The quantitative estimate of drug-likeness (QED) is 0.463. The highest BCUT2D eigenvalue weighted by Crippen LogP contribution is 1.78. The van der Waals surface area contributed by atoms with Crippen LogP contribution in [0.4, 0.5) is 0 Å². The minimum atomic E-state index is 0. The molecule has 0 aliphatic rings. The Hall–Kier alpha value is -0.120. The van der Waals surface area contributed by atoms with Crippen molar-refractivity contribution in [2.45, 2.75) is 19.8 Å². The first kappa shape index (κ1) is 15.8. The summed E-state index contributed by atoms with van der Waals surface area (Å²) in [5, 5.41) is 0. The molecule has 0 spiro atoms. The Bertz CT molecular complexity index is 14.4. The van der Waals surface area contributed by atoms with Gasteiger partial charge in [-0.15, -0.1) is 5.73 Å². The second kappa shape index (κ2) is 16.9. The molecule has 3 nitrogen and oxygen atoms in total. The fourth-order valence-corrected chi connectivity index (χ4v) is 0.158. The molecule has 0 fully saturated rings. The molecule has 0 bridgehead atoms. The van der Waals surface area contributed by atoms with Gasteiger partial charge in [-0.05, 0) is 6.42 Å². The van der Waals surface area contributed by atoms with E-state index >= 15 is 0 Å². The first-order chi connectivity index (χ1) is 2.41. The Morgan fingerprint density at radius 1 is 1.29 bits per heavy atom. The van der Waals surface area contributed by atoms with Crippen molar-refractivity contribution < 1.29 is 0 Å². The Balaban J connectivity index is -0.0000000800. The molecule has 7 heavy (non-hydrogen) atoms. The van der Waals surface area contributed by atoms with Crippen LogP contribution >= 0.6 is 0 Å². The lowest BCUT2D eigenvalue weighted by atomic mass is 10.3. The molecule has 0 N–H and O–H groups in total. The van der Waals surface area contributed by atoms with Crippen LogP contribution < -0.4 is 18.0 Å². The van der Waals surface area contributed by atoms with Crippen molar-refractivity contribution >= 4 is 0 Å². The average molecular weight is 99.1 g/mol. The number of rotatable bonds is 2. The van der Waals surface area contributed by atoms with Gasteiger partial charge in [0, 0.05) is 18.8 Å². The fourth-order valence-electron chi connectivity index (χ4n) is 0.158. The van der Waals surface area contributed by atoms with Crippen molar-refractivity contribution in [2.75, 3.05) is 6.54 Å². The summed E-state index contributed by atoms with van der Waals surface area (Å²) in [4.78, 5) is 0. The number of nitrogens with zero attached hydrogens (tertiary/aromatic N) is 3. The summed E-state index contributed by atoms with van der Waals surface area (Å²) in [7, 11) is 0. The molecule has 0 amide bonds. The molecule has 0 aromatic rings. The zero-order chi connectivity index (χ0) is 4.12. The third-order valence-electron chi connectivity index (χ3n) is 0.512. The van der Waals surface area contributed by atoms with Gasteiger partial charge < -0.3 is 0 Å². The molecule has 0 aliphatic heterocycles. The van der Waals surface area contributed by atoms with E-state index in [1.807, 2.05) is 0 Å². The first-order valence-corrected chi connectivity index (χ1v) is 2.02. The molecule has 8 radical (unpaired) electrons. The van der Waals surface area contributed by atoms with E-state index in [0.29, 0.717) is 6.54 Å². The highest BCUT2D eigenvalue weighted by Gasteiger charge is 1.70. The number of hydrogen-bond acceptors (Lipinski definition) is 0. The lowest BCUT2D eigenvalue weighted by Crippen LogP contribution is -1.79. The first-order valence-electron chi connectivity index (χ1n) is 2.02. The van der Waals surface area contributed by atoms with Crippen LogP contribution in [0.25, 0.3) is 0 Å². The number of hydrogen-bond donors (Lipinski definition) is 0. The Morgan fingerprint density at radius 2 is 1.71 bits per heavy atom. The van der Waals surface area contributed by atoms with Crippen LogP contribution in [0.5, 0.6) is 0 Å². The summed E-state index contributed by atoms with van der Waals surface area (Å²) in [6.07, 6.45) is 2.04. The van der Waals surface area contributed by atoms with Gasteiger partial charge in [-0.2, -0.15) is 0 Å². The van der Waals surface area contributed by atoms with Gasteiger partial charge in [0.1, 0.15) is 0 Å². The molecule has 0 saturated heterocycles.